The molecule has 0 spiro atoms. The normalized spacial score (nSPS) is 12.1. The van der Waals surface area contributed by atoms with E-state index in [-0.39, 0.29) is 0 Å². The van der Waals surface area contributed by atoms with Crippen LogP contribution < -0.4 is 10.6 Å². The number of para-hydroxylation sites is 1. The monoisotopic (exact) mass is 444 g/mol. The van der Waals surface area contributed by atoms with Gasteiger partial charge < -0.3 is 15.7 Å². The molecular formula is C26H24N2O3S. The maximum absolute atomic E-state index is 12.7. The van der Waals surface area contributed by atoms with Crippen LogP contribution in [0.2, 0.25) is 0 Å². The second-order valence-electron chi connectivity index (χ2n) is 7.07. The molecule has 6 heteroatoms. The molecule has 32 heavy (non-hydrogen) atoms. The Morgan fingerprint density at radius 3 is 2.09 bits per heavy atom. The zero-order chi connectivity index (χ0) is 22.9. The van der Waals surface area contributed by atoms with Gasteiger partial charge in [-0.2, -0.15) is 0 Å². The molecule has 3 aromatic rings. The lowest BCUT2D eigenvalue weighted by Gasteiger charge is -2.21. The van der Waals surface area contributed by atoms with E-state index in [0.717, 1.165) is 16.0 Å². The van der Waals surface area contributed by atoms with E-state index in [1.165, 1.54) is 18.7 Å². The first kappa shape index (κ1) is 23.1. The predicted octanol–water partition coefficient (Wildman–Crippen LogP) is 3.93. The lowest BCUT2D eigenvalue weighted by atomic mass is 10.1. The molecule has 0 radical (unpaired) electrons. The summed E-state index contributed by atoms with van der Waals surface area (Å²) < 4.78 is 0. The highest BCUT2D eigenvalue weighted by Crippen LogP contribution is 2.24. The van der Waals surface area contributed by atoms with Crippen LogP contribution in [-0.4, -0.2) is 35.3 Å². The molecule has 3 rings (SSSR count). The van der Waals surface area contributed by atoms with Crippen molar-refractivity contribution in [3.8, 4) is 11.8 Å². The first-order valence-electron chi connectivity index (χ1n) is 10.1. The first-order valence-corrected chi connectivity index (χ1v) is 11.3. The molecule has 0 fully saturated rings. The molecule has 0 aliphatic heterocycles. The van der Waals surface area contributed by atoms with Gasteiger partial charge in [-0.25, -0.2) is 0 Å². The van der Waals surface area contributed by atoms with Crippen LogP contribution in [0.15, 0.2) is 83.8 Å². The number of aliphatic hydroxyl groups is 1. The smallest absolute Gasteiger partial charge is 0.252 e. The average molecular weight is 445 g/mol. The molecule has 0 aliphatic rings. The fourth-order valence-corrected chi connectivity index (χ4v) is 3.51. The molecule has 2 amide bonds. The highest BCUT2D eigenvalue weighted by molar-refractivity contribution is 7.98. The number of amides is 2. The summed E-state index contributed by atoms with van der Waals surface area (Å²) in [4.78, 5) is 26.3. The third-order valence-corrected chi connectivity index (χ3v) is 5.48. The fraction of sp³-hybridized carbons (Fsp3) is 0.154. The van der Waals surface area contributed by atoms with Gasteiger partial charge in [0.25, 0.3) is 5.91 Å². The van der Waals surface area contributed by atoms with E-state index in [1.54, 1.807) is 30.3 Å². The van der Waals surface area contributed by atoms with Gasteiger partial charge in [0.2, 0.25) is 5.91 Å². The maximum Gasteiger partial charge on any atom is 0.252 e. The molecule has 162 valence electrons. The van der Waals surface area contributed by atoms with Gasteiger partial charge in [-0.15, -0.1) is 11.8 Å². The lowest BCUT2D eigenvalue weighted by molar-refractivity contribution is -0.120. The fourth-order valence-electron chi connectivity index (χ4n) is 2.96. The highest BCUT2D eigenvalue weighted by Gasteiger charge is 2.26. The van der Waals surface area contributed by atoms with Gasteiger partial charge in [-0.05, 0) is 61.7 Å². The summed E-state index contributed by atoms with van der Waals surface area (Å²) in [5, 5.41) is 15.5. The Bertz CT molecular complexity index is 1130. The molecule has 0 aromatic heterocycles. The number of aliphatic hydroxyl groups excluding tert-OH is 1. The van der Waals surface area contributed by atoms with E-state index in [9.17, 15) is 14.7 Å². The summed E-state index contributed by atoms with van der Waals surface area (Å²) >= 11 is 1.50. The van der Waals surface area contributed by atoms with Crippen LogP contribution in [0.4, 0.5) is 5.69 Å². The summed E-state index contributed by atoms with van der Waals surface area (Å²) in [5.41, 5.74) is 2.68. The summed E-state index contributed by atoms with van der Waals surface area (Å²) in [6.45, 7) is 1.47. The largest absolute Gasteiger partial charge is 0.391 e. The third-order valence-electron chi connectivity index (χ3n) is 4.69. The van der Waals surface area contributed by atoms with Crippen molar-refractivity contribution in [1.29, 1.82) is 0 Å². The van der Waals surface area contributed by atoms with Crippen molar-refractivity contribution in [3.63, 3.8) is 0 Å². The zero-order valence-electron chi connectivity index (χ0n) is 17.8. The second-order valence-corrected chi connectivity index (χ2v) is 7.92. The topological polar surface area (TPSA) is 78.4 Å². The minimum Gasteiger partial charge on any atom is -0.391 e. The number of hydrogen-bond acceptors (Lipinski definition) is 4. The summed E-state index contributed by atoms with van der Waals surface area (Å²) in [7, 11) is 0. The molecule has 0 saturated carbocycles. The van der Waals surface area contributed by atoms with Crippen LogP contribution in [0.25, 0.3) is 0 Å². The molecule has 5 nitrogen and oxygen atoms in total. The minimum atomic E-state index is -1.10. The van der Waals surface area contributed by atoms with Crippen molar-refractivity contribution in [3.05, 3.63) is 95.6 Å². The number of rotatable bonds is 6. The summed E-state index contributed by atoms with van der Waals surface area (Å²) in [6.07, 6.45) is 0.837. The molecule has 2 atom stereocenters. The van der Waals surface area contributed by atoms with E-state index in [2.05, 4.69) is 22.5 Å². The van der Waals surface area contributed by atoms with E-state index in [0.29, 0.717) is 11.3 Å². The Morgan fingerprint density at radius 2 is 1.47 bits per heavy atom. The van der Waals surface area contributed by atoms with Crippen LogP contribution >= 0.6 is 11.8 Å². The van der Waals surface area contributed by atoms with Gasteiger partial charge in [-0.1, -0.05) is 42.2 Å². The Morgan fingerprint density at radius 1 is 0.875 bits per heavy atom. The van der Waals surface area contributed by atoms with Crippen molar-refractivity contribution in [1.82, 2.24) is 5.32 Å². The van der Waals surface area contributed by atoms with Gasteiger partial charge >= 0.3 is 0 Å². The number of benzene rings is 3. The number of hydrogen-bond donors (Lipinski definition) is 3. The number of carbonyl (C=O) groups excluding carboxylic acids is 2. The van der Waals surface area contributed by atoms with Gasteiger partial charge in [0.1, 0.15) is 6.04 Å². The van der Waals surface area contributed by atoms with E-state index < -0.39 is 24.0 Å². The second kappa shape index (κ2) is 11.2. The van der Waals surface area contributed by atoms with Crippen LogP contribution in [-0.2, 0) is 4.79 Å². The number of anilines is 1. The molecule has 0 bridgehead atoms. The number of nitrogens with one attached hydrogen (secondary N) is 2. The maximum atomic E-state index is 12.7. The van der Waals surface area contributed by atoms with Crippen molar-refractivity contribution >= 4 is 29.3 Å². The number of thioether (sulfide) groups is 1. The lowest BCUT2D eigenvalue weighted by Crippen LogP contribution is -2.50. The quantitative estimate of drug-likeness (QED) is 0.398. The van der Waals surface area contributed by atoms with Crippen molar-refractivity contribution in [2.45, 2.75) is 24.0 Å². The Hall–Kier alpha value is -3.53. The van der Waals surface area contributed by atoms with Gasteiger partial charge in [0.05, 0.1) is 11.8 Å². The van der Waals surface area contributed by atoms with E-state index in [1.807, 2.05) is 54.8 Å². The Labute approximate surface area is 192 Å². The standard InChI is InChI=1S/C26H24N2O3S/c1-18(29)24(26(31)27-22-10-6-7-11-23(22)32-2)28-25(30)21-16-14-20(15-17-21)13-12-19-8-4-3-5-9-19/h3-11,14-18,24,29H,1-2H3,(H,27,31)(H,28,30). The molecular weight excluding hydrogens is 420 g/mol. The average Bonchev–Trinajstić information content (AvgIpc) is 2.82. The van der Waals surface area contributed by atoms with E-state index >= 15 is 0 Å². The molecule has 0 heterocycles. The van der Waals surface area contributed by atoms with Gasteiger partial charge in [0, 0.05) is 21.6 Å². The Kier molecular flexibility index (Phi) is 8.09. The summed E-state index contributed by atoms with van der Waals surface area (Å²) in [6, 6.07) is 22.7. The Balaban J connectivity index is 1.68. The summed E-state index contributed by atoms with van der Waals surface area (Å²) in [5.74, 6) is 5.18. The van der Waals surface area contributed by atoms with Gasteiger partial charge in [0.15, 0.2) is 0 Å². The van der Waals surface area contributed by atoms with Crippen LogP contribution in [0.1, 0.15) is 28.4 Å². The number of carbonyl (C=O) groups is 2. The molecule has 3 N–H and O–H groups in total. The van der Waals surface area contributed by atoms with Gasteiger partial charge in [-0.3, -0.25) is 9.59 Å². The molecule has 0 saturated heterocycles. The van der Waals surface area contributed by atoms with Crippen LogP contribution in [0.3, 0.4) is 0 Å². The zero-order valence-corrected chi connectivity index (χ0v) is 18.6. The van der Waals surface area contributed by atoms with Crippen LogP contribution in [0.5, 0.6) is 0 Å². The van der Waals surface area contributed by atoms with Crippen LogP contribution in [0, 0.1) is 11.8 Å². The SMILES string of the molecule is CSc1ccccc1NC(=O)C(NC(=O)c1ccc(C#Cc2ccccc2)cc1)C(C)O. The predicted molar refractivity (Wildman–Crippen MR) is 129 cm³/mol. The molecule has 2 unspecified atom stereocenters. The molecule has 3 aromatic carbocycles. The van der Waals surface area contributed by atoms with Crippen molar-refractivity contribution in [2.24, 2.45) is 0 Å². The highest BCUT2D eigenvalue weighted by atomic mass is 32.2. The van der Waals surface area contributed by atoms with E-state index in [4.69, 9.17) is 0 Å². The van der Waals surface area contributed by atoms with Crippen molar-refractivity contribution < 1.29 is 14.7 Å². The minimum absolute atomic E-state index is 0.373. The van der Waals surface area contributed by atoms with Crippen molar-refractivity contribution in [2.75, 3.05) is 11.6 Å². The third kappa shape index (κ3) is 6.24. The molecule has 0 aliphatic carbocycles. The first-order chi connectivity index (χ1) is 15.5.